The molecular formula is C7H18O8P2. The third-order valence-corrected chi connectivity index (χ3v) is 3.28. The molecule has 0 spiro atoms. The first-order valence-corrected chi connectivity index (χ1v) is 8.05. The molecule has 0 saturated carbocycles. The Labute approximate surface area is 99.4 Å². The highest BCUT2D eigenvalue weighted by Crippen LogP contribution is 2.41. The molecule has 0 aromatic carbocycles. The van der Waals surface area contributed by atoms with Crippen molar-refractivity contribution in [2.75, 3.05) is 6.61 Å². The molecule has 2 atom stereocenters. The molecule has 0 aliphatic rings. The minimum atomic E-state index is -4.62. The van der Waals surface area contributed by atoms with Gasteiger partial charge in [-0.1, -0.05) is 20.3 Å². The summed E-state index contributed by atoms with van der Waals surface area (Å²) in [4.78, 5) is 34.3. The van der Waals surface area contributed by atoms with Crippen LogP contribution < -0.4 is 0 Å². The maximum Gasteiger partial charge on any atom is 0.469 e. The van der Waals surface area contributed by atoms with Gasteiger partial charge in [-0.15, -0.1) is 0 Å². The fourth-order valence-corrected chi connectivity index (χ4v) is 2.18. The first-order chi connectivity index (χ1) is 7.55. The third-order valence-electron chi connectivity index (χ3n) is 2.21. The molecule has 0 bridgehead atoms. The molecule has 0 amide bonds. The summed E-state index contributed by atoms with van der Waals surface area (Å²) in [6.45, 7) is 3.20. The summed E-state index contributed by atoms with van der Waals surface area (Å²) in [6, 6.07) is 0. The van der Waals surface area contributed by atoms with E-state index in [2.05, 4.69) is 9.05 Å². The van der Waals surface area contributed by atoms with E-state index in [4.69, 9.17) is 19.6 Å². The SMILES string of the molecule is CCC(C)C(CCOP(=O)(O)O)OP(=O)(O)O. The Morgan fingerprint density at radius 3 is 2.00 bits per heavy atom. The summed E-state index contributed by atoms with van der Waals surface area (Å²) in [5.74, 6) is -0.164. The van der Waals surface area contributed by atoms with Crippen LogP contribution >= 0.6 is 15.6 Å². The minimum absolute atomic E-state index is 0.00870. The van der Waals surface area contributed by atoms with E-state index in [0.29, 0.717) is 6.42 Å². The van der Waals surface area contributed by atoms with Crippen LogP contribution in [0.3, 0.4) is 0 Å². The van der Waals surface area contributed by atoms with E-state index < -0.39 is 21.7 Å². The number of rotatable bonds is 8. The Hall–Kier alpha value is 0.220. The fourth-order valence-electron chi connectivity index (χ4n) is 1.17. The van der Waals surface area contributed by atoms with Crippen molar-refractivity contribution in [2.24, 2.45) is 5.92 Å². The van der Waals surface area contributed by atoms with Gasteiger partial charge in [0.15, 0.2) is 0 Å². The smallest absolute Gasteiger partial charge is 0.303 e. The lowest BCUT2D eigenvalue weighted by atomic mass is 10.00. The summed E-state index contributed by atoms with van der Waals surface area (Å²) >= 11 is 0. The zero-order valence-corrected chi connectivity index (χ0v) is 11.4. The monoisotopic (exact) mass is 292 g/mol. The Morgan fingerprint density at radius 2 is 1.65 bits per heavy atom. The van der Waals surface area contributed by atoms with Crippen molar-refractivity contribution in [3.63, 3.8) is 0 Å². The van der Waals surface area contributed by atoms with Crippen LogP contribution in [0, 0.1) is 5.92 Å². The molecule has 0 aromatic rings. The Kier molecular flexibility index (Phi) is 7.06. The van der Waals surface area contributed by atoms with Gasteiger partial charge in [0.05, 0.1) is 12.7 Å². The molecule has 4 N–H and O–H groups in total. The van der Waals surface area contributed by atoms with E-state index >= 15 is 0 Å². The van der Waals surface area contributed by atoms with Gasteiger partial charge in [0.25, 0.3) is 0 Å². The lowest BCUT2D eigenvalue weighted by Gasteiger charge is -2.23. The van der Waals surface area contributed by atoms with Gasteiger partial charge < -0.3 is 19.6 Å². The largest absolute Gasteiger partial charge is 0.469 e. The van der Waals surface area contributed by atoms with Gasteiger partial charge in [0.2, 0.25) is 0 Å². The average Bonchev–Trinajstić information content (AvgIpc) is 2.11. The lowest BCUT2D eigenvalue weighted by molar-refractivity contribution is 0.0694. The fraction of sp³-hybridized carbons (Fsp3) is 1.00. The maximum atomic E-state index is 10.7. The van der Waals surface area contributed by atoms with E-state index in [-0.39, 0.29) is 18.9 Å². The molecule has 104 valence electrons. The van der Waals surface area contributed by atoms with Gasteiger partial charge in [-0.05, 0) is 12.3 Å². The van der Waals surface area contributed by atoms with Crippen LogP contribution in [0.1, 0.15) is 26.7 Å². The van der Waals surface area contributed by atoms with Crippen LogP contribution in [0.2, 0.25) is 0 Å². The van der Waals surface area contributed by atoms with Crippen molar-refractivity contribution >= 4 is 15.6 Å². The molecule has 0 rings (SSSR count). The van der Waals surface area contributed by atoms with Gasteiger partial charge >= 0.3 is 15.6 Å². The topological polar surface area (TPSA) is 134 Å². The molecule has 0 fully saturated rings. The van der Waals surface area contributed by atoms with Gasteiger partial charge in [0.1, 0.15) is 0 Å². The molecular weight excluding hydrogens is 274 g/mol. The van der Waals surface area contributed by atoms with E-state index in [1.54, 1.807) is 6.92 Å². The molecule has 0 radical (unpaired) electrons. The zero-order valence-electron chi connectivity index (χ0n) is 9.59. The zero-order chi connectivity index (χ0) is 13.7. The molecule has 0 aliphatic carbocycles. The highest BCUT2D eigenvalue weighted by atomic mass is 31.2. The first kappa shape index (κ1) is 17.2. The Morgan fingerprint density at radius 1 is 1.12 bits per heavy atom. The van der Waals surface area contributed by atoms with Crippen LogP contribution in [0.4, 0.5) is 0 Å². The lowest BCUT2D eigenvalue weighted by Crippen LogP contribution is -2.22. The second-order valence-electron chi connectivity index (χ2n) is 3.63. The van der Waals surface area contributed by atoms with E-state index in [1.807, 2.05) is 6.92 Å². The van der Waals surface area contributed by atoms with Crippen LogP contribution in [-0.4, -0.2) is 32.3 Å². The Balaban J connectivity index is 4.31. The number of phosphoric ester groups is 2. The molecule has 0 saturated heterocycles. The molecule has 0 aliphatic heterocycles. The Bertz CT molecular complexity index is 307. The second-order valence-corrected chi connectivity index (χ2v) is 6.06. The van der Waals surface area contributed by atoms with Crippen molar-refractivity contribution in [3.05, 3.63) is 0 Å². The summed E-state index contributed by atoms with van der Waals surface area (Å²) in [5, 5.41) is 0. The molecule has 8 nitrogen and oxygen atoms in total. The summed E-state index contributed by atoms with van der Waals surface area (Å²) in [7, 11) is -9.18. The van der Waals surface area contributed by atoms with Gasteiger partial charge in [-0.2, -0.15) is 0 Å². The third kappa shape index (κ3) is 9.88. The summed E-state index contributed by atoms with van der Waals surface area (Å²) in [6.07, 6.45) is -0.210. The van der Waals surface area contributed by atoms with Crippen molar-refractivity contribution < 1.29 is 37.8 Å². The number of phosphoric acid groups is 2. The number of hydrogen-bond acceptors (Lipinski definition) is 4. The maximum absolute atomic E-state index is 10.7. The standard InChI is InChI=1S/C7H18O8P2/c1-3-6(2)7(15-17(11,12)13)4-5-14-16(8,9)10/h6-7H,3-5H2,1-2H3,(H2,8,9,10)(H2,11,12,13). The molecule has 0 heterocycles. The van der Waals surface area contributed by atoms with Crippen molar-refractivity contribution in [1.82, 2.24) is 0 Å². The van der Waals surface area contributed by atoms with Crippen LogP contribution in [-0.2, 0) is 18.2 Å². The van der Waals surface area contributed by atoms with E-state index in [1.165, 1.54) is 0 Å². The van der Waals surface area contributed by atoms with Crippen molar-refractivity contribution in [3.8, 4) is 0 Å². The average molecular weight is 292 g/mol. The highest BCUT2D eigenvalue weighted by Gasteiger charge is 2.26. The van der Waals surface area contributed by atoms with Crippen molar-refractivity contribution in [1.29, 1.82) is 0 Å². The summed E-state index contributed by atoms with van der Waals surface area (Å²) < 4.78 is 29.9. The molecule has 0 aromatic heterocycles. The number of hydrogen-bond donors (Lipinski definition) is 4. The van der Waals surface area contributed by atoms with Gasteiger partial charge in [0, 0.05) is 0 Å². The van der Waals surface area contributed by atoms with Crippen LogP contribution in [0.15, 0.2) is 0 Å². The quantitative estimate of drug-likeness (QED) is 0.487. The highest BCUT2D eigenvalue weighted by molar-refractivity contribution is 7.46. The summed E-state index contributed by atoms with van der Waals surface area (Å²) in [5.41, 5.74) is 0. The molecule has 17 heavy (non-hydrogen) atoms. The van der Waals surface area contributed by atoms with Gasteiger partial charge in [-0.25, -0.2) is 9.13 Å². The predicted octanol–water partition coefficient (Wildman–Crippen LogP) is 1.01. The van der Waals surface area contributed by atoms with Crippen LogP contribution in [0.5, 0.6) is 0 Å². The second kappa shape index (κ2) is 6.97. The minimum Gasteiger partial charge on any atom is -0.303 e. The normalized spacial score (nSPS) is 16.8. The molecule has 2 unspecified atom stereocenters. The molecule has 10 heteroatoms. The first-order valence-electron chi connectivity index (χ1n) is 4.99. The van der Waals surface area contributed by atoms with E-state index in [9.17, 15) is 9.13 Å². The van der Waals surface area contributed by atoms with Gasteiger partial charge in [-0.3, -0.25) is 9.05 Å². The predicted molar refractivity (Wildman–Crippen MR) is 59.0 cm³/mol. The van der Waals surface area contributed by atoms with Crippen LogP contribution in [0.25, 0.3) is 0 Å². The van der Waals surface area contributed by atoms with E-state index in [0.717, 1.165) is 0 Å². The van der Waals surface area contributed by atoms with Crippen molar-refractivity contribution in [2.45, 2.75) is 32.8 Å².